The summed E-state index contributed by atoms with van der Waals surface area (Å²) in [6, 6.07) is 14.5. The van der Waals surface area contributed by atoms with Crippen molar-refractivity contribution in [3.05, 3.63) is 70.4 Å². The van der Waals surface area contributed by atoms with Crippen LogP contribution in [0.15, 0.2) is 48.5 Å². The van der Waals surface area contributed by atoms with Crippen LogP contribution in [0.3, 0.4) is 0 Å². The summed E-state index contributed by atoms with van der Waals surface area (Å²) in [4.78, 5) is 28.9. The minimum Gasteiger partial charge on any atom is -0.492 e. The van der Waals surface area contributed by atoms with Crippen molar-refractivity contribution < 1.29 is 19.1 Å². The SMILES string of the molecule is Cc1nc2ccccc2c(C)c1C(=O)OCC(=O)NCCOc1ccc(Cl)cc1. The second-order valence-electron chi connectivity index (χ2n) is 6.44. The highest BCUT2D eigenvalue weighted by Crippen LogP contribution is 2.23. The van der Waals surface area contributed by atoms with Crippen molar-refractivity contribution in [2.24, 2.45) is 0 Å². The molecule has 0 fully saturated rings. The van der Waals surface area contributed by atoms with Gasteiger partial charge in [0.05, 0.1) is 23.3 Å². The molecule has 0 atom stereocenters. The molecule has 0 spiro atoms. The number of amides is 1. The van der Waals surface area contributed by atoms with Gasteiger partial charge < -0.3 is 14.8 Å². The van der Waals surface area contributed by atoms with Gasteiger partial charge in [0.2, 0.25) is 0 Å². The molecule has 1 amide bonds. The van der Waals surface area contributed by atoms with Crippen LogP contribution >= 0.6 is 11.6 Å². The number of pyridine rings is 1. The van der Waals surface area contributed by atoms with E-state index >= 15 is 0 Å². The number of ether oxygens (including phenoxy) is 2. The maximum Gasteiger partial charge on any atom is 0.340 e. The molecule has 3 rings (SSSR count). The monoisotopic (exact) mass is 412 g/mol. The Bertz CT molecular complexity index is 1030. The molecule has 29 heavy (non-hydrogen) atoms. The molecule has 7 heteroatoms. The minimum atomic E-state index is -0.564. The lowest BCUT2D eigenvalue weighted by atomic mass is 10.0. The predicted molar refractivity (Wildman–Crippen MR) is 111 cm³/mol. The molecule has 0 radical (unpaired) electrons. The van der Waals surface area contributed by atoms with Crippen molar-refractivity contribution in [1.29, 1.82) is 0 Å². The topological polar surface area (TPSA) is 77.5 Å². The highest BCUT2D eigenvalue weighted by atomic mass is 35.5. The van der Waals surface area contributed by atoms with Gasteiger partial charge in [0.25, 0.3) is 5.91 Å². The van der Waals surface area contributed by atoms with E-state index in [9.17, 15) is 9.59 Å². The van der Waals surface area contributed by atoms with E-state index in [1.54, 1.807) is 31.2 Å². The number of hydrogen-bond donors (Lipinski definition) is 1. The molecule has 6 nitrogen and oxygen atoms in total. The third-order valence-corrected chi connectivity index (χ3v) is 4.63. The summed E-state index contributed by atoms with van der Waals surface area (Å²) in [6.07, 6.45) is 0. The fourth-order valence-electron chi connectivity index (χ4n) is 2.98. The molecule has 0 aliphatic rings. The molecule has 150 valence electrons. The van der Waals surface area contributed by atoms with Crippen LogP contribution in [0.25, 0.3) is 10.9 Å². The molecule has 1 aromatic heterocycles. The van der Waals surface area contributed by atoms with Crippen LogP contribution in [0.4, 0.5) is 0 Å². The number of nitrogens with zero attached hydrogens (tertiary/aromatic N) is 1. The van der Waals surface area contributed by atoms with Gasteiger partial charge in [-0.2, -0.15) is 0 Å². The Morgan fingerprint density at radius 3 is 2.55 bits per heavy atom. The number of benzene rings is 2. The van der Waals surface area contributed by atoms with E-state index in [0.717, 1.165) is 16.5 Å². The first-order chi connectivity index (χ1) is 14.0. The smallest absolute Gasteiger partial charge is 0.340 e. The number of rotatable bonds is 7. The van der Waals surface area contributed by atoms with E-state index in [4.69, 9.17) is 21.1 Å². The van der Waals surface area contributed by atoms with E-state index in [0.29, 0.717) is 22.0 Å². The Morgan fingerprint density at radius 1 is 1.07 bits per heavy atom. The van der Waals surface area contributed by atoms with Crippen molar-refractivity contribution in [1.82, 2.24) is 10.3 Å². The molecule has 0 aliphatic heterocycles. The first-order valence-electron chi connectivity index (χ1n) is 9.14. The van der Waals surface area contributed by atoms with Gasteiger partial charge in [-0.1, -0.05) is 29.8 Å². The largest absolute Gasteiger partial charge is 0.492 e. The molecule has 1 heterocycles. The standard InChI is InChI=1S/C22H21ClN2O4/c1-14-18-5-3-4-6-19(18)25-15(2)21(14)22(27)29-13-20(26)24-11-12-28-17-9-7-16(23)8-10-17/h3-10H,11-13H2,1-2H3,(H,24,26). The Balaban J connectivity index is 1.49. The third kappa shape index (κ3) is 5.23. The molecule has 0 saturated heterocycles. The summed E-state index contributed by atoms with van der Waals surface area (Å²) in [7, 11) is 0. The lowest BCUT2D eigenvalue weighted by molar-refractivity contribution is -0.124. The molecule has 2 aromatic carbocycles. The Kier molecular flexibility index (Phi) is 6.67. The van der Waals surface area contributed by atoms with Crippen molar-refractivity contribution in [3.63, 3.8) is 0 Å². The highest BCUT2D eigenvalue weighted by molar-refractivity contribution is 6.30. The van der Waals surface area contributed by atoms with Crippen molar-refractivity contribution in [2.45, 2.75) is 13.8 Å². The van der Waals surface area contributed by atoms with Gasteiger partial charge in [-0.25, -0.2) is 4.79 Å². The van der Waals surface area contributed by atoms with Crippen molar-refractivity contribution >= 4 is 34.4 Å². The number of carbonyl (C=O) groups excluding carboxylic acids is 2. The Labute approximate surface area is 173 Å². The number of nitrogens with one attached hydrogen (secondary N) is 1. The van der Waals surface area contributed by atoms with E-state index in [1.165, 1.54) is 0 Å². The fraction of sp³-hybridized carbons (Fsp3) is 0.227. The van der Waals surface area contributed by atoms with Gasteiger partial charge in [-0.05, 0) is 49.7 Å². The first-order valence-corrected chi connectivity index (χ1v) is 9.51. The zero-order chi connectivity index (χ0) is 20.8. The van der Waals surface area contributed by atoms with Gasteiger partial charge in [0.1, 0.15) is 12.4 Å². The Hall–Kier alpha value is -3.12. The lowest BCUT2D eigenvalue weighted by Crippen LogP contribution is -2.32. The van der Waals surface area contributed by atoms with E-state index in [-0.39, 0.29) is 19.8 Å². The quantitative estimate of drug-likeness (QED) is 0.471. The fourth-order valence-corrected chi connectivity index (χ4v) is 3.10. The number of carbonyl (C=O) groups is 2. The average molecular weight is 413 g/mol. The average Bonchev–Trinajstić information content (AvgIpc) is 2.71. The van der Waals surface area contributed by atoms with Gasteiger partial charge in [-0.3, -0.25) is 9.78 Å². The summed E-state index contributed by atoms with van der Waals surface area (Å²) >= 11 is 5.81. The predicted octanol–water partition coefficient (Wildman–Crippen LogP) is 3.86. The Morgan fingerprint density at radius 2 is 1.79 bits per heavy atom. The maximum absolute atomic E-state index is 12.5. The molecule has 3 aromatic rings. The molecule has 0 aliphatic carbocycles. The number of para-hydroxylation sites is 1. The molecule has 0 unspecified atom stereocenters. The minimum absolute atomic E-state index is 0.286. The second-order valence-corrected chi connectivity index (χ2v) is 6.88. The van der Waals surface area contributed by atoms with Gasteiger partial charge >= 0.3 is 5.97 Å². The van der Waals surface area contributed by atoms with Gasteiger partial charge in [-0.15, -0.1) is 0 Å². The van der Waals surface area contributed by atoms with Crippen LogP contribution in [-0.4, -0.2) is 36.6 Å². The van der Waals surface area contributed by atoms with Crippen LogP contribution in [0.2, 0.25) is 5.02 Å². The molecular weight excluding hydrogens is 392 g/mol. The summed E-state index contributed by atoms with van der Waals surface area (Å²) < 4.78 is 10.7. The lowest BCUT2D eigenvalue weighted by Gasteiger charge is -2.12. The zero-order valence-electron chi connectivity index (χ0n) is 16.2. The number of aryl methyl sites for hydroxylation is 2. The van der Waals surface area contributed by atoms with Gasteiger partial charge in [0, 0.05) is 10.4 Å². The van der Waals surface area contributed by atoms with Crippen LogP contribution in [0.1, 0.15) is 21.6 Å². The van der Waals surface area contributed by atoms with Gasteiger partial charge in [0.15, 0.2) is 6.61 Å². The van der Waals surface area contributed by atoms with E-state index < -0.39 is 11.9 Å². The normalized spacial score (nSPS) is 10.6. The third-order valence-electron chi connectivity index (χ3n) is 4.38. The van der Waals surface area contributed by atoms with Crippen molar-refractivity contribution in [3.8, 4) is 5.75 Å². The molecule has 1 N–H and O–H groups in total. The molecule has 0 bridgehead atoms. The summed E-state index contributed by atoms with van der Waals surface area (Å²) in [6.45, 7) is 3.81. The first kappa shape index (κ1) is 20.6. The highest BCUT2D eigenvalue weighted by Gasteiger charge is 2.18. The van der Waals surface area contributed by atoms with Crippen LogP contribution in [0, 0.1) is 13.8 Å². The molecular formula is C22H21ClN2O4. The number of hydrogen-bond acceptors (Lipinski definition) is 5. The van der Waals surface area contributed by atoms with E-state index in [1.807, 2.05) is 31.2 Å². The number of esters is 1. The van der Waals surface area contributed by atoms with E-state index in [2.05, 4.69) is 10.3 Å². The van der Waals surface area contributed by atoms with Crippen molar-refractivity contribution in [2.75, 3.05) is 19.8 Å². The number of fused-ring (bicyclic) bond motifs is 1. The summed E-state index contributed by atoms with van der Waals surface area (Å²) in [5.74, 6) is -0.308. The number of halogens is 1. The number of aromatic nitrogens is 1. The summed E-state index contributed by atoms with van der Waals surface area (Å²) in [5, 5.41) is 4.15. The second kappa shape index (κ2) is 9.39. The van der Waals surface area contributed by atoms with Crippen LogP contribution < -0.4 is 10.1 Å². The summed E-state index contributed by atoms with van der Waals surface area (Å²) in [5.41, 5.74) is 2.57. The van der Waals surface area contributed by atoms with Crippen LogP contribution in [-0.2, 0) is 9.53 Å². The maximum atomic E-state index is 12.5. The van der Waals surface area contributed by atoms with Crippen LogP contribution in [0.5, 0.6) is 5.75 Å². The molecule has 0 saturated carbocycles. The zero-order valence-corrected chi connectivity index (χ0v) is 17.0.